The van der Waals surface area contributed by atoms with Crippen LogP contribution in [0.5, 0.6) is 5.75 Å². The molecule has 8 nitrogen and oxygen atoms in total. The summed E-state index contributed by atoms with van der Waals surface area (Å²) in [4.78, 5) is 27.0. The summed E-state index contributed by atoms with van der Waals surface area (Å²) >= 11 is 6.14. The van der Waals surface area contributed by atoms with Gasteiger partial charge in [0.05, 0.1) is 21.2 Å². The average molecular weight is 550 g/mol. The predicted octanol–water partition coefficient (Wildman–Crippen LogP) is 3.63. The van der Waals surface area contributed by atoms with E-state index in [9.17, 15) is 36.4 Å². The summed E-state index contributed by atoms with van der Waals surface area (Å²) in [5, 5.41) is 10.4. The van der Waals surface area contributed by atoms with Gasteiger partial charge in [0.2, 0.25) is 11.8 Å². The van der Waals surface area contributed by atoms with Crippen molar-refractivity contribution in [1.29, 1.82) is 5.26 Å². The molecule has 0 unspecified atom stereocenters. The molecular weight excluding hydrogens is 523 g/mol. The Bertz CT molecular complexity index is 1200. The molecule has 36 heavy (non-hydrogen) atoms. The zero-order valence-corrected chi connectivity index (χ0v) is 21.7. The van der Waals surface area contributed by atoms with Gasteiger partial charge in [-0.15, -0.1) is 0 Å². The highest BCUT2D eigenvalue weighted by Crippen LogP contribution is 2.38. The third-order valence-corrected chi connectivity index (χ3v) is 8.83. The van der Waals surface area contributed by atoms with Gasteiger partial charge in [0, 0.05) is 18.0 Å². The van der Waals surface area contributed by atoms with Gasteiger partial charge in [-0.2, -0.15) is 18.4 Å². The molecule has 198 valence electrons. The van der Waals surface area contributed by atoms with Crippen LogP contribution in [0, 0.1) is 16.7 Å². The minimum atomic E-state index is -4.62. The maximum atomic E-state index is 13.5. The van der Waals surface area contributed by atoms with Crippen LogP contribution in [0.3, 0.4) is 0 Å². The number of rotatable bonds is 6. The van der Waals surface area contributed by atoms with E-state index in [0.717, 1.165) is 25.1 Å². The van der Waals surface area contributed by atoms with Crippen molar-refractivity contribution in [2.75, 3.05) is 6.54 Å². The van der Waals surface area contributed by atoms with Crippen molar-refractivity contribution in [1.82, 2.24) is 10.2 Å². The lowest BCUT2D eigenvalue weighted by Gasteiger charge is -2.30. The van der Waals surface area contributed by atoms with Crippen LogP contribution in [0.25, 0.3) is 0 Å². The summed E-state index contributed by atoms with van der Waals surface area (Å²) in [6, 6.07) is 4.02. The van der Waals surface area contributed by atoms with Gasteiger partial charge in [0.1, 0.15) is 17.3 Å². The van der Waals surface area contributed by atoms with E-state index in [1.54, 1.807) is 20.8 Å². The van der Waals surface area contributed by atoms with Gasteiger partial charge in [-0.1, -0.05) is 32.4 Å². The maximum absolute atomic E-state index is 13.5. The first kappa shape index (κ1) is 28.1. The Morgan fingerprint density at radius 1 is 1.28 bits per heavy atom. The molecule has 13 heteroatoms. The first-order chi connectivity index (χ1) is 16.4. The van der Waals surface area contributed by atoms with Gasteiger partial charge in [0.15, 0.2) is 15.9 Å². The standard InChI is InChI=1S/C23H27ClF3N3O5S/c1-13(23(25,26)27)35-14-5-6-18(16(24)9-14)36(33,34)15-10-17(19(31)29-22(12-28)7-8-22)30(11-15)20(32)21(2,3)4/h5-6,9,13,15,17H,7-8,10-11H2,1-4H3,(H,29,31)/t13-,15+,17+/m0/s1. The number of nitrogens with zero attached hydrogens (tertiary/aromatic N) is 2. The second kappa shape index (κ2) is 9.41. The van der Waals surface area contributed by atoms with Gasteiger partial charge in [-0.3, -0.25) is 9.59 Å². The monoisotopic (exact) mass is 549 g/mol. The fourth-order valence-electron chi connectivity index (χ4n) is 3.87. The van der Waals surface area contributed by atoms with Crippen LogP contribution in [-0.4, -0.2) is 60.8 Å². The molecule has 1 heterocycles. The first-order valence-electron chi connectivity index (χ1n) is 11.2. The Balaban J connectivity index is 1.88. The highest BCUT2D eigenvalue weighted by molar-refractivity contribution is 7.92. The van der Waals surface area contributed by atoms with Crippen LogP contribution in [0.2, 0.25) is 5.02 Å². The Kier molecular flexibility index (Phi) is 7.34. The lowest BCUT2D eigenvalue weighted by atomic mass is 9.94. The summed E-state index contributed by atoms with van der Waals surface area (Å²) < 4.78 is 70.1. The van der Waals surface area contributed by atoms with Gasteiger partial charge >= 0.3 is 6.18 Å². The number of amides is 2. The highest BCUT2D eigenvalue weighted by atomic mass is 35.5. The number of nitriles is 1. The van der Waals surface area contributed by atoms with Gasteiger partial charge in [-0.05, 0) is 38.3 Å². The number of sulfone groups is 1. The first-order valence-corrected chi connectivity index (χ1v) is 13.1. The Labute approximate surface area is 212 Å². The summed E-state index contributed by atoms with van der Waals surface area (Å²) in [6.07, 6.45) is -6.05. The van der Waals surface area contributed by atoms with Crippen molar-refractivity contribution in [3.05, 3.63) is 23.2 Å². The summed E-state index contributed by atoms with van der Waals surface area (Å²) in [5.41, 5.74) is -1.91. The number of carbonyl (C=O) groups is 2. The number of benzene rings is 1. The fraction of sp³-hybridized carbons (Fsp3) is 0.609. The molecular formula is C23H27ClF3N3O5S. The molecule has 1 saturated carbocycles. The summed E-state index contributed by atoms with van der Waals surface area (Å²) in [7, 11) is -4.20. The van der Waals surface area contributed by atoms with E-state index in [4.69, 9.17) is 16.3 Å². The normalized spacial score (nSPS) is 22.5. The van der Waals surface area contributed by atoms with E-state index in [1.165, 1.54) is 4.90 Å². The lowest BCUT2D eigenvalue weighted by Crippen LogP contribution is -2.51. The average Bonchev–Trinajstić information content (AvgIpc) is 3.37. The quantitative estimate of drug-likeness (QED) is 0.579. The highest BCUT2D eigenvalue weighted by Gasteiger charge is 2.51. The van der Waals surface area contributed by atoms with Gasteiger partial charge in [-0.25, -0.2) is 8.42 Å². The zero-order valence-electron chi connectivity index (χ0n) is 20.1. The Hall–Kier alpha value is -2.52. The molecule has 0 aromatic heterocycles. The molecule has 3 rings (SSSR count). The molecule has 0 spiro atoms. The third kappa shape index (κ3) is 5.72. The number of ether oxygens (including phenoxy) is 1. The molecule has 2 fully saturated rings. The van der Waals surface area contributed by atoms with Gasteiger partial charge < -0.3 is 15.0 Å². The van der Waals surface area contributed by atoms with E-state index >= 15 is 0 Å². The van der Waals surface area contributed by atoms with E-state index in [2.05, 4.69) is 5.32 Å². The molecule has 1 aliphatic carbocycles. The summed E-state index contributed by atoms with van der Waals surface area (Å²) in [6.45, 7) is 5.45. The Morgan fingerprint density at radius 2 is 1.89 bits per heavy atom. The molecule has 0 radical (unpaired) electrons. The van der Waals surface area contributed by atoms with Gasteiger partial charge in [0.25, 0.3) is 0 Å². The van der Waals surface area contributed by atoms with Crippen LogP contribution in [-0.2, 0) is 19.4 Å². The molecule has 1 N–H and O–H groups in total. The van der Waals surface area contributed by atoms with E-state index < -0.39 is 56.2 Å². The Morgan fingerprint density at radius 3 is 2.36 bits per heavy atom. The van der Waals surface area contributed by atoms with Crippen LogP contribution in [0.15, 0.2) is 23.1 Å². The largest absolute Gasteiger partial charge is 0.481 e. The fourth-order valence-corrected chi connectivity index (χ4v) is 6.10. The number of hydrogen-bond acceptors (Lipinski definition) is 6. The molecule has 1 aromatic carbocycles. The number of alkyl halides is 3. The molecule has 1 aromatic rings. The number of nitrogens with one attached hydrogen (secondary N) is 1. The number of halogens is 4. The second-order valence-electron chi connectivity index (χ2n) is 10.2. The predicted molar refractivity (Wildman–Crippen MR) is 124 cm³/mol. The molecule has 0 bridgehead atoms. The van der Waals surface area contributed by atoms with Crippen molar-refractivity contribution in [2.24, 2.45) is 5.41 Å². The van der Waals surface area contributed by atoms with E-state index in [-0.39, 0.29) is 28.6 Å². The minimum Gasteiger partial charge on any atom is -0.481 e. The second-order valence-corrected chi connectivity index (χ2v) is 12.8. The SMILES string of the molecule is C[C@H](Oc1ccc(S(=O)(=O)[C@@H]2C[C@H](C(=O)NC3(C#N)CC3)N(C(=O)C(C)(C)C)C2)c(Cl)c1)C(F)(F)F. The minimum absolute atomic E-state index is 0.225. The van der Waals surface area contributed by atoms with Crippen LogP contribution in [0.1, 0.15) is 47.0 Å². The van der Waals surface area contributed by atoms with E-state index in [0.29, 0.717) is 12.8 Å². The van der Waals surface area contributed by atoms with Crippen molar-refractivity contribution in [3.63, 3.8) is 0 Å². The number of likely N-dealkylation sites (tertiary alicyclic amines) is 1. The smallest absolute Gasteiger partial charge is 0.425 e. The number of hydrogen-bond donors (Lipinski definition) is 1. The lowest BCUT2D eigenvalue weighted by molar-refractivity contribution is -0.189. The van der Waals surface area contributed by atoms with Crippen LogP contribution < -0.4 is 10.1 Å². The van der Waals surface area contributed by atoms with Crippen molar-refractivity contribution in [2.45, 2.75) is 81.0 Å². The summed E-state index contributed by atoms with van der Waals surface area (Å²) in [5.74, 6) is -1.30. The zero-order chi connectivity index (χ0) is 27.3. The maximum Gasteiger partial charge on any atom is 0.425 e. The molecule has 3 atom stereocenters. The van der Waals surface area contributed by atoms with E-state index in [1.807, 2.05) is 6.07 Å². The molecule has 1 saturated heterocycles. The molecule has 1 aliphatic heterocycles. The van der Waals surface area contributed by atoms with Crippen molar-refractivity contribution in [3.8, 4) is 11.8 Å². The molecule has 2 amide bonds. The van der Waals surface area contributed by atoms with Crippen LogP contribution >= 0.6 is 11.6 Å². The van der Waals surface area contributed by atoms with Crippen molar-refractivity contribution >= 4 is 33.3 Å². The van der Waals surface area contributed by atoms with Crippen LogP contribution in [0.4, 0.5) is 13.2 Å². The molecule has 2 aliphatic rings. The number of carbonyl (C=O) groups excluding carboxylic acids is 2. The third-order valence-electron chi connectivity index (χ3n) is 6.22. The van der Waals surface area contributed by atoms with Crippen molar-refractivity contribution < 1.29 is 35.9 Å². The topological polar surface area (TPSA) is 117 Å².